The molecule has 0 aliphatic heterocycles. The molecular weight excluding hydrogens is 268 g/mol. The predicted octanol–water partition coefficient (Wildman–Crippen LogP) is -0.449. The first kappa shape index (κ1) is 16.1. The largest absolute Gasteiger partial charge is 0.383 e. The standard InChI is InChI=1S/C11H22N4O3S/c1-9-11(10(2)15(3)14-9)19(16,17)13-6-5-12-7-8-18-4/h12-13H,5-8H2,1-4H3. The lowest BCUT2D eigenvalue weighted by molar-refractivity contribution is 0.199. The second-order valence-corrected chi connectivity index (χ2v) is 5.97. The van der Waals surface area contributed by atoms with Crippen LogP contribution in [0.1, 0.15) is 11.4 Å². The maximum atomic E-state index is 12.2. The molecule has 7 nitrogen and oxygen atoms in total. The molecule has 2 N–H and O–H groups in total. The van der Waals surface area contributed by atoms with Crippen molar-refractivity contribution in [2.24, 2.45) is 7.05 Å². The molecule has 1 heterocycles. The number of methoxy groups -OCH3 is 1. The summed E-state index contributed by atoms with van der Waals surface area (Å²) < 4.78 is 33.3. The van der Waals surface area contributed by atoms with Crippen LogP contribution in [0.2, 0.25) is 0 Å². The number of rotatable bonds is 8. The second-order valence-electron chi connectivity index (χ2n) is 4.26. The van der Waals surface area contributed by atoms with Crippen LogP contribution in [0, 0.1) is 13.8 Å². The Morgan fingerprint density at radius 2 is 1.95 bits per heavy atom. The Balaban J connectivity index is 2.57. The summed E-state index contributed by atoms with van der Waals surface area (Å²) in [4.78, 5) is 0.270. The van der Waals surface area contributed by atoms with Gasteiger partial charge < -0.3 is 10.1 Å². The van der Waals surface area contributed by atoms with Crippen LogP contribution in [-0.4, -0.2) is 51.5 Å². The van der Waals surface area contributed by atoms with Crippen LogP contribution in [0.3, 0.4) is 0 Å². The first-order valence-corrected chi connectivity index (χ1v) is 7.58. The Hall–Kier alpha value is -0.960. The lowest BCUT2D eigenvalue weighted by atomic mass is 10.4. The Labute approximate surface area is 114 Å². The topological polar surface area (TPSA) is 85.2 Å². The lowest BCUT2D eigenvalue weighted by Gasteiger charge is -2.08. The fourth-order valence-electron chi connectivity index (χ4n) is 1.79. The number of hydrogen-bond donors (Lipinski definition) is 2. The molecule has 0 saturated carbocycles. The van der Waals surface area contributed by atoms with Gasteiger partial charge in [-0.05, 0) is 13.8 Å². The summed E-state index contributed by atoms with van der Waals surface area (Å²) in [5.74, 6) is 0. The van der Waals surface area contributed by atoms with Crippen LogP contribution in [0.25, 0.3) is 0 Å². The first-order chi connectivity index (χ1) is 8.90. The van der Waals surface area contributed by atoms with Crippen LogP contribution in [0.4, 0.5) is 0 Å². The summed E-state index contributed by atoms with van der Waals surface area (Å²) in [6, 6.07) is 0. The van der Waals surface area contributed by atoms with E-state index in [2.05, 4.69) is 15.1 Å². The Bertz CT molecular complexity index is 510. The first-order valence-electron chi connectivity index (χ1n) is 6.09. The molecule has 0 radical (unpaired) electrons. The van der Waals surface area contributed by atoms with E-state index in [0.717, 1.165) is 0 Å². The number of sulfonamides is 1. The van der Waals surface area contributed by atoms with Gasteiger partial charge in [0.1, 0.15) is 4.90 Å². The third-order valence-corrected chi connectivity index (χ3v) is 4.50. The van der Waals surface area contributed by atoms with Crippen LogP contribution < -0.4 is 10.0 Å². The molecule has 0 aromatic carbocycles. The van der Waals surface area contributed by atoms with Crippen molar-refractivity contribution in [2.75, 3.05) is 33.4 Å². The average Bonchev–Trinajstić information content (AvgIpc) is 2.58. The van der Waals surface area contributed by atoms with E-state index in [9.17, 15) is 8.42 Å². The van der Waals surface area contributed by atoms with E-state index in [1.165, 1.54) is 0 Å². The van der Waals surface area contributed by atoms with Crippen LogP contribution >= 0.6 is 0 Å². The molecule has 0 atom stereocenters. The number of nitrogens with one attached hydrogen (secondary N) is 2. The molecule has 0 saturated heterocycles. The van der Waals surface area contributed by atoms with Gasteiger partial charge in [-0.2, -0.15) is 5.10 Å². The maximum absolute atomic E-state index is 12.2. The monoisotopic (exact) mass is 290 g/mol. The Kier molecular flexibility index (Phi) is 5.92. The maximum Gasteiger partial charge on any atom is 0.244 e. The molecule has 0 aliphatic carbocycles. The van der Waals surface area contributed by atoms with Crippen LogP contribution in [-0.2, 0) is 21.8 Å². The van der Waals surface area contributed by atoms with Gasteiger partial charge in [0.25, 0.3) is 0 Å². The third-order valence-electron chi connectivity index (χ3n) is 2.79. The van der Waals surface area contributed by atoms with E-state index in [-0.39, 0.29) is 4.90 Å². The minimum absolute atomic E-state index is 0.270. The summed E-state index contributed by atoms with van der Waals surface area (Å²) in [5, 5.41) is 7.18. The van der Waals surface area contributed by atoms with Crippen molar-refractivity contribution in [3.8, 4) is 0 Å². The highest BCUT2D eigenvalue weighted by atomic mass is 32.2. The summed E-state index contributed by atoms with van der Waals surface area (Å²) in [7, 11) is -0.145. The zero-order valence-electron chi connectivity index (χ0n) is 11.9. The van der Waals surface area contributed by atoms with Crippen LogP contribution in [0.15, 0.2) is 4.90 Å². The molecule has 0 amide bonds. The number of aryl methyl sites for hydroxylation is 2. The van der Waals surface area contributed by atoms with Crippen molar-refractivity contribution >= 4 is 10.0 Å². The van der Waals surface area contributed by atoms with Crippen molar-refractivity contribution in [3.05, 3.63) is 11.4 Å². The van der Waals surface area contributed by atoms with Crippen molar-refractivity contribution in [1.29, 1.82) is 0 Å². The smallest absolute Gasteiger partial charge is 0.244 e. The molecule has 1 aromatic heterocycles. The Morgan fingerprint density at radius 1 is 1.26 bits per heavy atom. The Morgan fingerprint density at radius 3 is 2.47 bits per heavy atom. The van der Waals surface area contributed by atoms with Gasteiger partial charge in [0, 0.05) is 33.8 Å². The summed E-state index contributed by atoms with van der Waals surface area (Å²) in [6.07, 6.45) is 0. The number of ether oxygens (including phenoxy) is 1. The quantitative estimate of drug-likeness (QED) is 0.634. The molecule has 0 bridgehead atoms. The van der Waals surface area contributed by atoms with Gasteiger partial charge in [0.15, 0.2) is 0 Å². The second kappa shape index (κ2) is 6.99. The van der Waals surface area contributed by atoms with Crippen molar-refractivity contribution in [1.82, 2.24) is 19.8 Å². The van der Waals surface area contributed by atoms with Gasteiger partial charge in [-0.25, -0.2) is 13.1 Å². The van der Waals surface area contributed by atoms with Crippen molar-refractivity contribution in [2.45, 2.75) is 18.7 Å². The zero-order chi connectivity index (χ0) is 14.5. The van der Waals surface area contributed by atoms with Crippen molar-refractivity contribution in [3.63, 3.8) is 0 Å². The summed E-state index contributed by atoms with van der Waals surface area (Å²) in [5.41, 5.74) is 1.15. The third kappa shape index (κ3) is 4.27. The highest BCUT2D eigenvalue weighted by molar-refractivity contribution is 7.89. The molecule has 19 heavy (non-hydrogen) atoms. The van der Waals surface area contributed by atoms with E-state index < -0.39 is 10.0 Å². The van der Waals surface area contributed by atoms with Crippen molar-refractivity contribution < 1.29 is 13.2 Å². The molecule has 0 aliphatic rings. The number of aromatic nitrogens is 2. The van der Waals surface area contributed by atoms with E-state index >= 15 is 0 Å². The van der Waals surface area contributed by atoms with Crippen LogP contribution in [0.5, 0.6) is 0 Å². The average molecular weight is 290 g/mol. The normalized spacial score (nSPS) is 12.0. The van der Waals surface area contributed by atoms with Gasteiger partial charge in [-0.3, -0.25) is 4.68 Å². The zero-order valence-corrected chi connectivity index (χ0v) is 12.7. The van der Waals surface area contributed by atoms with E-state index in [0.29, 0.717) is 37.6 Å². The summed E-state index contributed by atoms with van der Waals surface area (Å²) >= 11 is 0. The van der Waals surface area contributed by atoms with Gasteiger partial charge in [-0.15, -0.1) is 0 Å². The predicted molar refractivity (Wildman–Crippen MR) is 72.6 cm³/mol. The minimum atomic E-state index is -3.50. The fraction of sp³-hybridized carbons (Fsp3) is 0.727. The number of nitrogens with zero attached hydrogens (tertiary/aromatic N) is 2. The molecule has 8 heteroatoms. The van der Waals surface area contributed by atoms with E-state index in [1.54, 1.807) is 32.7 Å². The highest BCUT2D eigenvalue weighted by Gasteiger charge is 2.22. The molecule has 0 spiro atoms. The van der Waals surface area contributed by atoms with Gasteiger partial charge in [0.2, 0.25) is 10.0 Å². The van der Waals surface area contributed by atoms with Gasteiger partial charge in [-0.1, -0.05) is 0 Å². The SMILES string of the molecule is COCCNCCNS(=O)(=O)c1c(C)nn(C)c1C. The summed E-state index contributed by atoms with van der Waals surface area (Å²) in [6.45, 7) is 5.63. The molecule has 1 aromatic rings. The molecule has 110 valence electrons. The molecule has 0 fully saturated rings. The number of hydrogen-bond acceptors (Lipinski definition) is 5. The van der Waals surface area contributed by atoms with Gasteiger partial charge >= 0.3 is 0 Å². The van der Waals surface area contributed by atoms with Gasteiger partial charge in [0.05, 0.1) is 18.0 Å². The molecule has 0 unspecified atom stereocenters. The van der Waals surface area contributed by atoms with E-state index in [1.807, 2.05) is 0 Å². The molecule has 1 rings (SSSR count). The lowest BCUT2D eigenvalue weighted by Crippen LogP contribution is -2.33. The molecular formula is C11H22N4O3S. The van der Waals surface area contributed by atoms with E-state index in [4.69, 9.17) is 4.74 Å². The minimum Gasteiger partial charge on any atom is -0.383 e. The highest BCUT2D eigenvalue weighted by Crippen LogP contribution is 2.17. The fourth-order valence-corrected chi connectivity index (χ4v) is 3.25.